The van der Waals surface area contributed by atoms with Crippen LogP contribution in [0, 0.1) is 0 Å². The number of rotatable bonds is 4. The van der Waals surface area contributed by atoms with Crippen LogP contribution >= 0.6 is 0 Å². The minimum atomic E-state index is -0.212. The van der Waals surface area contributed by atoms with Crippen molar-refractivity contribution in [2.24, 2.45) is 0 Å². The number of nitrogens with zero attached hydrogens (tertiary/aromatic N) is 2. The van der Waals surface area contributed by atoms with Crippen LogP contribution < -0.4 is 4.74 Å². The number of likely N-dealkylation sites (tertiary alicyclic amines) is 1. The lowest BCUT2D eigenvalue weighted by Crippen LogP contribution is -2.47. The number of piperidine rings is 1. The molecule has 1 aromatic heterocycles. The van der Waals surface area contributed by atoms with Crippen LogP contribution in [0.5, 0.6) is 5.75 Å². The Hall–Kier alpha value is -2.98. The lowest BCUT2D eigenvalue weighted by molar-refractivity contribution is -0.108. The van der Waals surface area contributed by atoms with Gasteiger partial charge in [0.05, 0.1) is 5.52 Å². The molecular weight excluding hydrogens is 360 g/mol. The summed E-state index contributed by atoms with van der Waals surface area (Å²) >= 11 is 0. The molecule has 2 aliphatic rings. The molecular formula is C25H24N2O2. The molecule has 1 saturated heterocycles. The minimum Gasteiger partial charge on any atom is -0.482 e. The van der Waals surface area contributed by atoms with E-state index in [1.807, 2.05) is 24.4 Å². The first-order valence-corrected chi connectivity index (χ1v) is 10.3. The second kappa shape index (κ2) is 7.45. The molecule has 0 amide bonds. The number of fused-ring (bicyclic) bond motifs is 2. The Morgan fingerprint density at radius 1 is 1.07 bits per heavy atom. The van der Waals surface area contributed by atoms with Crippen molar-refractivity contribution in [3.8, 4) is 16.9 Å². The molecule has 29 heavy (non-hydrogen) atoms. The number of para-hydroxylation sites is 1. The van der Waals surface area contributed by atoms with Crippen molar-refractivity contribution in [1.29, 1.82) is 0 Å². The summed E-state index contributed by atoms with van der Waals surface area (Å²) in [7, 11) is 0. The van der Waals surface area contributed by atoms with Crippen LogP contribution in [0.15, 0.2) is 60.8 Å². The van der Waals surface area contributed by atoms with Crippen molar-refractivity contribution in [3.05, 3.63) is 66.4 Å². The summed E-state index contributed by atoms with van der Waals surface area (Å²) in [6, 6.07) is 16.8. The normalized spacial score (nSPS) is 17.8. The Morgan fingerprint density at radius 2 is 1.93 bits per heavy atom. The van der Waals surface area contributed by atoms with E-state index in [0.29, 0.717) is 6.42 Å². The fourth-order valence-corrected chi connectivity index (χ4v) is 4.33. The fourth-order valence-electron chi connectivity index (χ4n) is 4.33. The van der Waals surface area contributed by atoms with E-state index in [2.05, 4.69) is 52.4 Å². The third-order valence-corrected chi connectivity index (χ3v) is 6.08. The average molecular weight is 384 g/mol. The Bertz CT molecular complexity index is 1080. The number of hydrogen-bond acceptors (Lipinski definition) is 4. The molecule has 4 heteroatoms. The number of hydrogen-bond donors (Lipinski definition) is 0. The van der Waals surface area contributed by atoms with Crippen LogP contribution in [0.3, 0.4) is 0 Å². The van der Waals surface area contributed by atoms with E-state index >= 15 is 0 Å². The van der Waals surface area contributed by atoms with Crippen molar-refractivity contribution in [1.82, 2.24) is 9.88 Å². The summed E-state index contributed by atoms with van der Waals surface area (Å²) < 4.78 is 6.48. The predicted octanol–water partition coefficient (Wildman–Crippen LogP) is 4.73. The maximum absolute atomic E-state index is 10.6. The van der Waals surface area contributed by atoms with E-state index in [1.165, 1.54) is 0 Å². The molecule has 4 nitrogen and oxygen atoms in total. The van der Waals surface area contributed by atoms with E-state index in [4.69, 9.17) is 4.74 Å². The van der Waals surface area contributed by atoms with Gasteiger partial charge in [0.2, 0.25) is 0 Å². The molecule has 3 aromatic rings. The third-order valence-electron chi connectivity index (χ3n) is 6.08. The average Bonchev–Trinajstić information content (AvgIpc) is 2.78. The minimum absolute atomic E-state index is 0.212. The van der Waals surface area contributed by atoms with Gasteiger partial charge in [0.1, 0.15) is 17.6 Å². The standard InChI is InChI=1S/C25H24N2O2/c28-15-3-12-27-13-10-25(11-14-27)9-8-21-16-19(6-7-24(21)29-25)22-17-20-4-1-2-5-23(20)26-18-22/h1-2,4-9,15-18H,3,10-14H2. The van der Waals surface area contributed by atoms with Crippen molar-refractivity contribution in [3.63, 3.8) is 0 Å². The number of carbonyl (C=O) groups excluding carboxylic acids is 1. The van der Waals surface area contributed by atoms with Crippen LogP contribution in [0.1, 0.15) is 24.8 Å². The highest BCUT2D eigenvalue weighted by molar-refractivity contribution is 5.84. The van der Waals surface area contributed by atoms with Crippen LogP contribution in [0.4, 0.5) is 0 Å². The molecule has 1 spiro atoms. The quantitative estimate of drug-likeness (QED) is 0.610. The number of ether oxygens (including phenoxy) is 1. The van der Waals surface area contributed by atoms with Gasteiger partial charge in [-0.2, -0.15) is 0 Å². The molecule has 0 bridgehead atoms. The third kappa shape index (κ3) is 3.56. The van der Waals surface area contributed by atoms with Crippen molar-refractivity contribution < 1.29 is 9.53 Å². The Labute approximate surface area is 170 Å². The maximum atomic E-state index is 10.6. The zero-order valence-electron chi connectivity index (χ0n) is 16.4. The second-order valence-corrected chi connectivity index (χ2v) is 7.97. The zero-order chi connectivity index (χ0) is 19.7. The molecule has 0 unspecified atom stereocenters. The van der Waals surface area contributed by atoms with E-state index in [1.54, 1.807) is 0 Å². The molecule has 0 atom stereocenters. The zero-order valence-corrected chi connectivity index (χ0v) is 16.4. The molecule has 5 rings (SSSR count). The first kappa shape index (κ1) is 18.1. The highest BCUT2D eigenvalue weighted by Crippen LogP contribution is 2.39. The van der Waals surface area contributed by atoms with Crippen molar-refractivity contribution in [2.75, 3.05) is 19.6 Å². The van der Waals surface area contributed by atoms with Crippen LogP contribution in [0.2, 0.25) is 0 Å². The van der Waals surface area contributed by atoms with Gasteiger partial charge in [-0.15, -0.1) is 0 Å². The van der Waals surface area contributed by atoms with E-state index in [0.717, 1.165) is 72.1 Å². The summed E-state index contributed by atoms with van der Waals surface area (Å²) in [5.74, 6) is 0.950. The molecule has 146 valence electrons. The van der Waals surface area contributed by atoms with Gasteiger partial charge in [0, 0.05) is 61.6 Å². The molecule has 1 fully saturated rings. The molecule has 3 heterocycles. The number of aldehydes is 1. The number of carbonyl (C=O) groups is 1. The lowest BCUT2D eigenvalue weighted by atomic mass is 9.87. The van der Waals surface area contributed by atoms with Gasteiger partial charge < -0.3 is 14.4 Å². The maximum Gasteiger partial charge on any atom is 0.130 e. The second-order valence-electron chi connectivity index (χ2n) is 7.97. The molecule has 0 radical (unpaired) electrons. The summed E-state index contributed by atoms with van der Waals surface area (Å²) in [5.41, 5.74) is 4.18. The van der Waals surface area contributed by atoms with Gasteiger partial charge in [0.15, 0.2) is 0 Å². The topological polar surface area (TPSA) is 42.4 Å². The lowest BCUT2D eigenvalue weighted by Gasteiger charge is -2.41. The molecule has 2 aliphatic heterocycles. The first-order valence-electron chi connectivity index (χ1n) is 10.3. The van der Waals surface area contributed by atoms with Gasteiger partial charge >= 0.3 is 0 Å². The summed E-state index contributed by atoms with van der Waals surface area (Å²) in [6.45, 7) is 2.78. The first-order chi connectivity index (χ1) is 14.2. The molecule has 2 aromatic carbocycles. The van der Waals surface area contributed by atoms with Crippen molar-refractivity contribution in [2.45, 2.75) is 24.9 Å². The van der Waals surface area contributed by atoms with Crippen molar-refractivity contribution >= 4 is 23.3 Å². The summed E-state index contributed by atoms with van der Waals surface area (Å²) in [6.07, 6.45) is 9.90. The van der Waals surface area contributed by atoms with E-state index < -0.39 is 0 Å². The van der Waals surface area contributed by atoms with Gasteiger partial charge in [-0.05, 0) is 35.9 Å². The van der Waals surface area contributed by atoms with Crippen LogP contribution in [0.25, 0.3) is 28.1 Å². The fraction of sp³-hybridized carbons (Fsp3) is 0.280. The highest BCUT2D eigenvalue weighted by atomic mass is 16.5. The Kier molecular flexibility index (Phi) is 4.64. The Balaban J connectivity index is 1.36. The molecule has 0 aliphatic carbocycles. The van der Waals surface area contributed by atoms with Gasteiger partial charge in [0.25, 0.3) is 0 Å². The van der Waals surface area contributed by atoms with E-state index in [-0.39, 0.29) is 5.60 Å². The number of aromatic nitrogens is 1. The summed E-state index contributed by atoms with van der Waals surface area (Å²) in [4.78, 5) is 17.5. The SMILES string of the molecule is O=CCCN1CCC2(C=Cc3cc(-c4cnc5ccccc5c4)ccc3O2)CC1. The van der Waals surface area contributed by atoms with Gasteiger partial charge in [-0.1, -0.05) is 30.3 Å². The number of pyridine rings is 1. The number of benzene rings is 2. The molecule has 0 N–H and O–H groups in total. The van der Waals surface area contributed by atoms with Gasteiger partial charge in [-0.3, -0.25) is 4.98 Å². The summed E-state index contributed by atoms with van der Waals surface area (Å²) in [5, 5.41) is 1.15. The molecule has 0 saturated carbocycles. The highest BCUT2D eigenvalue weighted by Gasteiger charge is 2.36. The smallest absolute Gasteiger partial charge is 0.130 e. The largest absolute Gasteiger partial charge is 0.482 e. The van der Waals surface area contributed by atoms with E-state index in [9.17, 15) is 4.79 Å². The van der Waals surface area contributed by atoms with Gasteiger partial charge in [-0.25, -0.2) is 0 Å². The Morgan fingerprint density at radius 3 is 2.79 bits per heavy atom. The predicted molar refractivity (Wildman–Crippen MR) is 116 cm³/mol. The monoisotopic (exact) mass is 384 g/mol. The van der Waals surface area contributed by atoms with Crippen LogP contribution in [-0.2, 0) is 4.79 Å². The van der Waals surface area contributed by atoms with Crippen LogP contribution in [-0.4, -0.2) is 41.4 Å².